The minimum Gasteiger partial charge on any atom is -0.465 e. The van der Waals surface area contributed by atoms with Crippen LogP contribution < -0.4 is 9.47 Å². The highest BCUT2D eigenvalue weighted by Crippen LogP contribution is 2.27. The summed E-state index contributed by atoms with van der Waals surface area (Å²) in [6, 6.07) is 7.08. The number of carbonyl (C=O) groups excluding carboxylic acids is 1. The van der Waals surface area contributed by atoms with E-state index in [1.165, 1.54) is 32.5 Å². The molecule has 8 nitrogen and oxygen atoms in total. The monoisotopic (exact) mass is 399 g/mol. The van der Waals surface area contributed by atoms with Crippen LogP contribution in [0.1, 0.15) is 12.5 Å². The SMILES string of the molecule is CO/N=C(/C(=O)OC)c1ccccc1Oc1nccc(OC(C)C(F)(F)F)n1. The van der Waals surface area contributed by atoms with Crippen LogP contribution in [0.2, 0.25) is 0 Å². The van der Waals surface area contributed by atoms with Crippen LogP contribution in [0.15, 0.2) is 41.7 Å². The molecular weight excluding hydrogens is 383 g/mol. The van der Waals surface area contributed by atoms with Gasteiger partial charge in [0.05, 0.1) is 12.7 Å². The molecule has 0 aliphatic heterocycles. The molecule has 0 saturated carbocycles. The predicted molar refractivity (Wildman–Crippen MR) is 90.3 cm³/mol. The number of nitrogens with zero attached hydrogens (tertiary/aromatic N) is 3. The first-order valence-electron chi connectivity index (χ1n) is 7.79. The Balaban J connectivity index is 2.31. The van der Waals surface area contributed by atoms with Crippen LogP contribution in [0.4, 0.5) is 13.2 Å². The standard InChI is InChI=1S/C17H16F3N3O5/c1-10(17(18,19)20)27-13-8-9-21-16(22-13)28-12-7-5-4-6-11(12)14(23-26-3)15(24)25-2/h4-10H,1-3H3/b23-14+. The molecule has 1 aromatic carbocycles. The maximum Gasteiger partial charge on any atom is 0.425 e. The lowest BCUT2D eigenvalue weighted by Gasteiger charge is -2.17. The van der Waals surface area contributed by atoms with E-state index >= 15 is 0 Å². The number of ether oxygens (including phenoxy) is 3. The van der Waals surface area contributed by atoms with Gasteiger partial charge in [-0.25, -0.2) is 9.78 Å². The van der Waals surface area contributed by atoms with Crippen molar-refractivity contribution < 1.29 is 37.0 Å². The Bertz CT molecular complexity index is 858. The third-order valence-electron chi connectivity index (χ3n) is 3.27. The third-order valence-corrected chi connectivity index (χ3v) is 3.27. The van der Waals surface area contributed by atoms with Crippen LogP contribution >= 0.6 is 0 Å². The van der Waals surface area contributed by atoms with Crippen molar-refractivity contribution in [1.29, 1.82) is 0 Å². The molecule has 2 rings (SSSR count). The summed E-state index contributed by atoms with van der Waals surface area (Å²) in [7, 11) is 2.42. The van der Waals surface area contributed by atoms with Gasteiger partial charge in [-0.2, -0.15) is 18.2 Å². The topological polar surface area (TPSA) is 92.1 Å². The molecule has 0 aliphatic rings. The minimum absolute atomic E-state index is 0.102. The summed E-state index contributed by atoms with van der Waals surface area (Å²) in [6.45, 7) is 0.849. The molecule has 0 spiro atoms. The van der Waals surface area contributed by atoms with E-state index in [-0.39, 0.29) is 28.9 Å². The maximum absolute atomic E-state index is 12.6. The Morgan fingerprint density at radius 1 is 1.18 bits per heavy atom. The number of para-hydroxylation sites is 1. The summed E-state index contributed by atoms with van der Waals surface area (Å²) < 4.78 is 52.8. The molecule has 28 heavy (non-hydrogen) atoms. The predicted octanol–water partition coefficient (Wildman–Crippen LogP) is 3.12. The minimum atomic E-state index is -4.55. The number of oxime groups is 1. The molecule has 0 radical (unpaired) electrons. The fourth-order valence-electron chi connectivity index (χ4n) is 1.92. The van der Waals surface area contributed by atoms with E-state index in [1.54, 1.807) is 12.1 Å². The molecule has 1 aromatic heterocycles. The fraction of sp³-hybridized carbons (Fsp3) is 0.294. The maximum atomic E-state index is 12.6. The zero-order valence-corrected chi connectivity index (χ0v) is 15.1. The van der Waals surface area contributed by atoms with Gasteiger partial charge in [0.15, 0.2) is 11.8 Å². The number of aromatic nitrogens is 2. The lowest BCUT2D eigenvalue weighted by Crippen LogP contribution is -2.31. The van der Waals surface area contributed by atoms with Crippen LogP contribution in [-0.4, -0.2) is 48.1 Å². The van der Waals surface area contributed by atoms with E-state index in [0.29, 0.717) is 0 Å². The van der Waals surface area contributed by atoms with Crippen molar-refractivity contribution in [2.24, 2.45) is 5.16 Å². The molecule has 1 unspecified atom stereocenters. The van der Waals surface area contributed by atoms with Gasteiger partial charge < -0.3 is 19.0 Å². The van der Waals surface area contributed by atoms with Gasteiger partial charge in [-0.15, -0.1) is 0 Å². The highest BCUT2D eigenvalue weighted by atomic mass is 19.4. The normalized spacial score (nSPS) is 12.9. The van der Waals surface area contributed by atoms with Gasteiger partial charge in [0, 0.05) is 12.3 Å². The average molecular weight is 399 g/mol. The van der Waals surface area contributed by atoms with Crippen LogP contribution in [0.3, 0.4) is 0 Å². The number of benzene rings is 1. The zero-order chi connectivity index (χ0) is 20.7. The first-order chi connectivity index (χ1) is 13.3. The van der Waals surface area contributed by atoms with Crippen molar-refractivity contribution in [2.75, 3.05) is 14.2 Å². The Morgan fingerprint density at radius 2 is 1.89 bits per heavy atom. The van der Waals surface area contributed by atoms with Crippen LogP contribution in [0, 0.1) is 0 Å². The lowest BCUT2D eigenvalue weighted by molar-refractivity contribution is -0.190. The third kappa shape index (κ3) is 5.32. The fourth-order valence-corrected chi connectivity index (χ4v) is 1.92. The first kappa shape index (κ1) is 20.9. The number of halogens is 3. The molecule has 0 fully saturated rings. The van der Waals surface area contributed by atoms with Crippen molar-refractivity contribution in [2.45, 2.75) is 19.2 Å². The number of esters is 1. The number of carbonyl (C=O) groups is 1. The molecule has 0 bridgehead atoms. The molecule has 0 saturated heterocycles. The number of hydrogen-bond acceptors (Lipinski definition) is 8. The number of methoxy groups -OCH3 is 1. The van der Waals surface area contributed by atoms with Crippen molar-refractivity contribution in [3.63, 3.8) is 0 Å². The van der Waals surface area contributed by atoms with E-state index in [1.807, 2.05) is 0 Å². The Kier molecular flexibility index (Phi) is 6.74. The molecule has 11 heteroatoms. The number of rotatable bonds is 7. The van der Waals surface area contributed by atoms with E-state index in [9.17, 15) is 18.0 Å². The highest BCUT2D eigenvalue weighted by molar-refractivity contribution is 6.43. The number of alkyl halides is 3. The van der Waals surface area contributed by atoms with E-state index in [2.05, 4.69) is 24.7 Å². The van der Waals surface area contributed by atoms with Gasteiger partial charge in [-0.3, -0.25) is 0 Å². The second-order valence-corrected chi connectivity index (χ2v) is 5.19. The van der Waals surface area contributed by atoms with Crippen molar-refractivity contribution in [1.82, 2.24) is 9.97 Å². The first-order valence-corrected chi connectivity index (χ1v) is 7.79. The van der Waals surface area contributed by atoms with Crippen LogP contribution in [0.5, 0.6) is 17.6 Å². The van der Waals surface area contributed by atoms with Gasteiger partial charge in [0.25, 0.3) is 0 Å². The molecule has 2 aromatic rings. The number of hydrogen-bond donors (Lipinski definition) is 0. The molecule has 0 N–H and O–H groups in total. The molecule has 1 heterocycles. The van der Waals surface area contributed by atoms with Crippen molar-refractivity contribution >= 4 is 11.7 Å². The van der Waals surface area contributed by atoms with E-state index < -0.39 is 18.2 Å². The van der Waals surface area contributed by atoms with Gasteiger partial charge >= 0.3 is 18.2 Å². The molecule has 0 aliphatic carbocycles. The van der Waals surface area contributed by atoms with E-state index in [4.69, 9.17) is 9.47 Å². The summed E-state index contributed by atoms with van der Waals surface area (Å²) in [6.07, 6.45) is -5.44. The molecule has 150 valence electrons. The molecular formula is C17H16F3N3O5. The Labute approximate surface area is 157 Å². The Hall–Kier alpha value is -3.37. The lowest BCUT2D eigenvalue weighted by atomic mass is 10.1. The van der Waals surface area contributed by atoms with Gasteiger partial charge in [0.1, 0.15) is 12.9 Å². The van der Waals surface area contributed by atoms with Crippen molar-refractivity contribution in [3.8, 4) is 17.6 Å². The van der Waals surface area contributed by atoms with Crippen LogP contribution in [-0.2, 0) is 14.4 Å². The largest absolute Gasteiger partial charge is 0.465 e. The smallest absolute Gasteiger partial charge is 0.425 e. The molecule has 0 amide bonds. The van der Waals surface area contributed by atoms with Crippen molar-refractivity contribution in [3.05, 3.63) is 42.1 Å². The summed E-state index contributed by atoms with van der Waals surface area (Å²) in [4.78, 5) is 24.2. The second-order valence-electron chi connectivity index (χ2n) is 5.19. The average Bonchev–Trinajstić information content (AvgIpc) is 2.66. The van der Waals surface area contributed by atoms with Gasteiger partial charge in [-0.05, 0) is 19.1 Å². The van der Waals surface area contributed by atoms with Gasteiger partial charge in [-0.1, -0.05) is 17.3 Å². The Morgan fingerprint density at radius 3 is 2.54 bits per heavy atom. The second kappa shape index (κ2) is 9.02. The summed E-state index contributed by atoms with van der Waals surface area (Å²) in [5.41, 5.74) is 0.0217. The quantitative estimate of drug-likeness (QED) is 0.401. The highest BCUT2D eigenvalue weighted by Gasteiger charge is 2.38. The molecule has 1 atom stereocenters. The van der Waals surface area contributed by atoms with Crippen LogP contribution in [0.25, 0.3) is 0 Å². The van der Waals surface area contributed by atoms with Gasteiger partial charge in [0.2, 0.25) is 5.88 Å². The van der Waals surface area contributed by atoms with E-state index in [0.717, 1.165) is 13.0 Å². The summed E-state index contributed by atoms with van der Waals surface area (Å²) >= 11 is 0. The summed E-state index contributed by atoms with van der Waals surface area (Å²) in [5.74, 6) is -1.01. The summed E-state index contributed by atoms with van der Waals surface area (Å²) in [5, 5.41) is 3.62. The zero-order valence-electron chi connectivity index (χ0n) is 15.1.